The summed E-state index contributed by atoms with van der Waals surface area (Å²) in [6, 6.07) is 7.18. The Kier molecular flexibility index (Phi) is 7.37. The summed E-state index contributed by atoms with van der Waals surface area (Å²) in [7, 11) is 3.17. The number of aromatic nitrogens is 4. The number of amides is 1. The molecule has 1 amide bonds. The van der Waals surface area contributed by atoms with Crippen LogP contribution in [0.5, 0.6) is 11.5 Å². The van der Waals surface area contributed by atoms with Crippen LogP contribution in [0.1, 0.15) is 29.4 Å². The molecule has 3 rings (SSSR count). The van der Waals surface area contributed by atoms with Gasteiger partial charge in [-0.25, -0.2) is 14.6 Å². The molecule has 1 N–H and O–H groups in total. The highest BCUT2D eigenvalue weighted by Crippen LogP contribution is 2.32. The lowest BCUT2D eigenvalue weighted by Gasteiger charge is -2.11. The fourth-order valence-electron chi connectivity index (χ4n) is 3.06. The van der Waals surface area contributed by atoms with Crippen LogP contribution in [-0.2, 0) is 9.53 Å². The lowest BCUT2D eigenvalue weighted by molar-refractivity contribution is -0.142. The van der Waals surface area contributed by atoms with E-state index < -0.39 is 0 Å². The first-order chi connectivity index (χ1) is 15.5. The minimum Gasteiger partial charge on any atom is -0.497 e. The number of ether oxygens (including phenoxy) is 3. The summed E-state index contributed by atoms with van der Waals surface area (Å²) in [6.45, 7) is 3.95. The minimum absolute atomic E-state index is 0.0975. The van der Waals surface area contributed by atoms with E-state index in [0.717, 1.165) is 5.56 Å². The van der Waals surface area contributed by atoms with Crippen molar-refractivity contribution in [2.75, 3.05) is 27.4 Å². The van der Waals surface area contributed by atoms with Crippen molar-refractivity contribution in [3.63, 3.8) is 0 Å². The van der Waals surface area contributed by atoms with Gasteiger partial charge in [0.25, 0.3) is 11.9 Å². The van der Waals surface area contributed by atoms with Gasteiger partial charge in [0, 0.05) is 18.3 Å². The van der Waals surface area contributed by atoms with Crippen LogP contribution < -0.4 is 14.8 Å². The molecule has 10 nitrogen and oxygen atoms in total. The van der Waals surface area contributed by atoms with E-state index in [-0.39, 0.29) is 24.8 Å². The number of methoxy groups -OCH3 is 2. The summed E-state index contributed by atoms with van der Waals surface area (Å²) in [4.78, 5) is 32.8. The molecule has 0 fully saturated rings. The molecule has 32 heavy (non-hydrogen) atoms. The predicted octanol–water partition coefficient (Wildman–Crippen LogP) is 2.34. The molecule has 2 heterocycles. The number of hydrogen-bond acceptors (Lipinski definition) is 8. The molecule has 0 bridgehead atoms. The molecule has 0 aliphatic heterocycles. The molecule has 0 atom stereocenters. The molecule has 168 valence electrons. The third-order valence-corrected chi connectivity index (χ3v) is 4.69. The molecule has 1 aromatic carbocycles. The van der Waals surface area contributed by atoms with E-state index in [1.165, 1.54) is 10.9 Å². The second kappa shape index (κ2) is 10.4. The normalized spacial score (nSPS) is 10.5. The average molecular weight is 439 g/mol. The number of carbonyl (C=O) groups is 2. The SMILES string of the molecule is CCOC(=O)CCNC(=O)c1cnn(-c2nccc(-c3cc(OC)ccc3OC)n2)c1C. The smallest absolute Gasteiger partial charge is 0.307 e. The zero-order chi connectivity index (χ0) is 23.1. The summed E-state index contributed by atoms with van der Waals surface area (Å²) in [5.41, 5.74) is 2.27. The van der Waals surface area contributed by atoms with Crippen LogP contribution in [0.2, 0.25) is 0 Å². The topological polar surface area (TPSA) is 117 Å². The lowest BCUT2D eigenvalue weighted by atomic mass is 10.1. The number of rotatable bonds is 9. The Morgan fingerprint density at radius 2 is 1.97 bits per heavy atom. The van der Waals surface area contributed by atoms with Crippen molar-refractivity contribution < 1.29 is 23.8 Å². The highest BCUT2D eigenvalue weighted by atomic mass is 16.5. The number of esters is 1. The van der Waals surface area contributed by atoms with Gasteiger partial charge in [-0.05, 0) is 38.1 Å². The van der Waals surface area contributed by atoms with E-state index in [1.807, 2.05) is 6.07 Å². The largest absolute Gasteiger partial charge is 0.497 e. The fourth-order valence-corrected chi connectivity index (χ4v) is 3.06. The molecule has 0 saturated carbocycles. The predicted molar refractivity (Wildman–Crippen MR) is 116 cm³/mol. The summed E-state index contributed by atoms with van der Waals surface area (Å²) in [5.74, 6) is 0.893. The molecule has 0 radical (unpaired) electrons. The number of carbonyl (C=O) groups excluding carboxylic acids is 2. The van der Waals surface area contributed by atoms with Crippen LogP contribution >= 0.6 is 0 Å². The number of benzene rings is 1. The second-order valence-corrected chi connectivity index (χ2v) is 6.67. The summed E-state index contributed by atoms with van der Waals surface area (Å²) < 4.78 is 17.1. The third-order valence-electron chi connectivity index (χ3n) is 4.69. The monoisotopic (exact) mass is 439 g/mol. The maximum Gasteiger partial charge on any atom is 0.307 e. The first-order valence-corrected chi connectivity index (χ1v) is 10.0. The van der Waals surface area contributed by atoms with Gasteiger partial charge in [0.15, 0.2) is 0 Å². The number of hydrogen-bond donors (Lipinski definition) is 1. The van der Waals surface area contributed by atoms with Crippen molar-refractivity contribution in [1.82, 2.24) is 25.1 Å². The molecule has 10 heteroatoms. The van der Waals surface area contributed by atoms with Gasteiger partial charge < -0.3 is 19.5 Å². The highest BCUT2D eigenvalue weighted by Gasteiger charge is 2.18. The van der Waals surface area contributed by atoms with E-state index >= 15 is 0 Å². The molecule has 3 aromatic rings. The molecular weight excluding hydrogens is 414 g/mol. The average Bonchev–Trinajstić information content (AvgIpc) is 3.20. The zero-order valence-electron chi connectivity index (χ0n) is 18.4. The van der Waals surface area contributed by atoms with Gasteiger partial charge >= 0.3 is 5.97 Å². The maximum atomic E-state index is 12.5. The van der Waals surface area contributed by atoms with Crippen molar-refractivity contribution in [2.24, 2.45) is 0 Å². The Bertz CT molecular complexity index is 1110. The van der Waals surface area contributed by atoms with Crippen molar-refractivity contribution in [2.45, 2.75) is 20.3 Å². The Labute approximate surface area is 185 Å². The standard InChI is InChI=1S/C22H25N5O5/c1-5-32-20(28)9-11-23-21(29)17-13-25-27(14(17)2)22-24-10-8-18(26-22)16-12-15(30-3)6-7-19(16)31-4/h6-8,10,12-13H,5,9,11H2,1-4H3,(H,23,29). The minimum atomic E-state index is -0.363. The van der Waals surface area contributed by atoms with Gasteiger partial charge in [-0.1, -0.05) is 0 Å². The number of nitrogens with zero attached hydrogens (tertiary/aromatic N) is 4. The van der Waals surface area contributed by atoms with Crippen LogP contribution in [0, 0.1) is 6.92 Å². The third kappa shape index (κ3) is 5.02. The van der Waals surface area contributed by atoms with Gasteiger partial charge in [-0.2, -0.15) is 5.10 Å². The molecular formula is C22H25N5O5. The van der Waals surface area contributed by atoms with Crippen LogP contribution in [0.15, 0.2) is 36.7 Å². The van der Waals surface area contributed by atoms with Gasteiger partial charge in [0.1, 0.15) is 11.5 Å². The second-order valence-electron chi connectivity index (χ2n) is 6.67. The van der Waals surface area contributed by atoms with E-state index in [2.05, 4.69) is 20.4 Å². The Balaban J connectivity index is 1.83. The summed E-state index contributed by atoms with van der Waals surface area (Å²) >= 11 is 0. The lowest BCUT2D eigenvalue weighted by Crippen LogP contribution is -2.27. The molecule has 0 aliphatic carbocycles. The highest BCUT2D eigenvalue weighted by molar-refractivity contribution is 5.95. The molecule has 0 saturated heterocycles. The van der Waals surface area contributed by atoms with Gasteiger partial charge in [-0.3, -0.25) is 9.59 Å². The van der Waals surface area contributed by atoms with Crippen molar-refractivity contribution in [3.05, 3.63) is 47.9 Å². The Morgan fingerprint density at radius 3 is 2.69 bits per heavy atom. The van der Waals surface area contributed by atoms with Crippen LogP contribution in [0.3, 0.4) is 0 Å². The first-order valence-electron chi connectivity index (χ1n) is 10.0. The Hall–Kier alpha value is -3.95. The van der Waals surface area contributed by atoms with E-state index in [9.17, 15) is 9.59 Å². The van der Waals surface area contributed by atoms with E-state index in [1.54, 1.807) is 52.5 Å². The van der Waals surface area contributed by atoms with E-state index in [0.29, 0.717) is 41.0 Å². The molecule has 0 unspecified atom stereocenters. The van der Waals surface area contributed by atoms with Crippen LogP contribution in [0.4, 0.5) is 0 Å². The fraction of sp³-hybridized carbons (Fsp3) is 0.318. The van der Waals surface area contributed by atoms with Crippen molar-refractivity contribution in [3.8, 4) is 28.7 Å². The van der Waals surface area contributed by atoms with Gasteiger partial charge in [-0.15, -0.1) is 0 Å². The number of nitrogens with one attached hydrogen (secondary N) is 1. The maximum absolute atomic E-state index is 12.5. The summed E-state index contributed by atoms with van der Waals surface area (Å²) in [6.07, 6.45) is 3.15. The van der Waals surface area contributed by atoms with Crippen LogP contribution in [0.25, 0.3) is 17.2 Å². The first kappa shape index (κ1) is 22.7. The molecule has 2 aromatic heterocycles. The van der Waals surface area contributed by atoms with Gasteiger partial charge in [0.05, 0.1) is 50.4 Å². The van der Waals surface area contributed by atoms with Crippen molar-refractivity contribution in [1.29, 1.82) is 0 Å². The summed E-state index contributed by atoms with van der Waals surface area (Å²) in [5, 5.41) is 6.97. The van der Waals surface area contributed by atoms with Gasteiger partial charge in [0.2, 0.25) is 0 Å². The Morgan fingerprint density at radius 1 is 1.16 bits per heavy atom. The van der Waals surface area contributed by atoms with E-state index in [4.69, 9.17) is 14.2 Å². The zero-order valence-corrected chi connectivity index (χ0v) is 18.4. The molecule has 0 aliphatic rings. The van der Waals surface area contributed by atoms with Crippen LogP contribution in [-0.4, -0.2) is 59.0 Å². The molecule has 0 spiro atoms. The quantitative estimate of drug-likeness (QED) is 0.505. The van der Waals surface area contributed by atoms with Crippen molar-refractivity contribution >= 4 is 11.9 Å².